The van der Waals surface area contributed by atoms with E-state index >= 15 is 0 Å². The van der Waals surface area contributed by atoms with Gasteiger partial charge in [0.15, 0.2) is 6.61 Å². The van der Waals surface area contributed by atoms with E-state index in [0.717, 1.165) is 5.75 Å². The summed E-state index contributed by atoms with van der Waals surface area (Å²) >= 11 is 0. The molecule has 1 N–H and O–H groups in total. The zero-order valence-electron chi connectivity index (χ0n) is 24.1. The van der Waals surface area contributed by atoms with Gasteiger partial charge in [0, 0.05) is 24.3 Å². The minimum absolute atomic E-state index is 0.0466. The zero-order valence-corrected chi connectivity index (χ0v) is 25.0. The van der Waals surface area contributed by atoms with Crippen molar-refractivity contribution in [1.29, 1.82) is 0 Å². The van der Waals surface area contributed by atoms with Gasteiger partial charge in [0.05, 0.1) is 17.1 Å². The van der Waals surface area contributed by atoms with Gasteiger partial charge in [0.2, 0.25) is 10.0 Å². The first kappa shape index (κ1) is 30.1. The lowest BCUT2D eigenvalue weighted by atomic mass is 9.87. The van der Waals surface area contributed by atoms with E-state index in [2.05, 4.69) is 26.1 Å². The molecule has 0 saturated heterocycles. The van der Waals surface area contributed by atoms with Gasteiger partial charge >= 0.3 is 0 Å². The lowest BCUT2D eigenvalue weighted by Gasteiger charge is -2.29. The average Bonchev–Trinajstić information content (AvgIpc) is 2.94. The van der Waals surface area contributed by atoms with E-state index < -0.39 is 15.9 Å². The Morgan fingerprint density at radius 2 is 1.66 bits per heavy atom. The Bertz CT molecular complexity index is 1490. The van der Waals surface area contributed by atoms with Crippen LogP contribution in [-0.2, 0) is 20.2 Å². The number of nitrogens with one attached hydrogen (secondary N) is 1. The smallest absolute Gasteiger partial charge is 0.265 e. The van der Waals surface area contributed by atoms with E-state index in [1.54, 1.807) is 36.9 Å². The van der Waals surface area contributed by atoms with Gasteiger partial charge in [-0.2, -0.15) is 4.31 Å². The van der Waals surface area contributed by atoms with Crippen LogP contribution < -0.4 is 19.7 Å². The highest BCUT2D eigenvalue weighted by Gasteiger charge is 2.26. The summed E-state index contributed by atoms with van der Waals surface area (Å²) in [6.45, 7) is 11.2. The van der Waals surface area contributed by atoms with Gasteiger partial charge in [0.1, 0.15) is 18.1 Å². The zero-order chi connectivity index (χ0) is 29.8. The summed E-state index contributed by atoms with van der Waals surface area (Å²) in [5.74, 6) is 0.630. The maximum atomic E-state index is 12.9. The van der Waals surface area contributed by atoms with E-state index in [4.69, 9.17) is 9.47 Å². The van der Waals surface area contributed by atoms with Gasteiger partial charge in [-0.25, -0.2) is 8.42 Å². The number of hydrogen-bond acceptors (Lipinski definition) is 6. The molecule has 10 heteroatoms. The highest BCUT2D eigenvalue weighted by molar-refractivity contribution is 7.89. The minimum atomic E-state index is -3.62. The fraction of sp³-hybridized carbons (Fsp3) is 0.355. The Balaban J connectivity index is 1.43. The minimum Gasteiger partial charge on any atom is -0.492 e. The van der Waals surface area contributed by atoms with E-state index in [-0.39, 0.29) is 29.4 Å². The quantitative estimate of drug-likeness (QED) is 0.360. The van der Waals surface area contributed by atoms with Crippen molar-refractivity contribution in [2.75, 3.05) is 43.1 Å². The Labute approximate surface area is 242 Å². The van der Waals surface area contributed by atoms with Crippen LogP contribution in [0.2, 0.25) is 0 Å². The second kappa shape index (κ2) is 12.3. The number of anilines is 2. The van der Waals surface area contributed by atoms with Crippen molar-refractivity contribution in [3.8, 4) is 11.5 Å². The van der Waals surface area contributed by atoms with Crippen molar-refractivity contribution in [2.24, 2.45) is 0 Å². The van der Waals surface area contributed by atoms with Crippen LogP contribution in [0.15, 0.2) is 71.6 Å². The summed E-state index contributed by atoms with van der Waals surface area (Å²) < 4.78 is 38.3. The monoisotopic (exact) mass is 579 g/mol. The van der Waals surface area contributed by atoms with Gasteiger partial charge < -0.3 is 19.7 Å². The van der Waals surface area contributed by atoms with Crippen LogP contribution in [-0.4, -0.2) is 57.4 Å². The maximum absolute atomic E-state index is 12.9. The average molecular weight is 580 g/mol. The Kier molecular flexibility index (Phi) is 9.04. The number of fused-ring (bicyclic) bond motifs is 1. The topological polar surface area (TPSA) is 105 Å². The van der Waals surface area contributed by atoms with Crippen LogP contribution in [0.5, 0.6) is 11.5 Å². The molecule has 0 spiro atoms. The maximum Gasteiger partial charge on any atom is 0.265 e. The van der Waals surface area contributed by atoms with Crippen LogP contribution in [0, 0.1) is 0 Å². The van der Waals surface area contributed by atoms with E-state index in [9.17, 15) is 18.0 Å². The largest absolute Gasteiger partial charge is 0.492 e. The third-order valence-electron chi connectivity index (χ3n) is 6.92. The molecule has 218 valence electrons. The van der Waals surface area contributed by atoms with Crippen molar-refractivity contribution in [1.82, 2.24) is 4.31 Å². The molecule has 9 nitrogen and oxygen atoms in total. The summed E-state index contributed by atoms with van der Waals surface area (Å²) in [7, 11) is -3.62. The molecule has 0 aliphatic carbocycles. The molecule has 0 unspecified atom stereocenters. The normalized spacial score (nSPS) is 13.5. The molecule has 41 heavy (non-hydrogen) atoms. The molecule has 0 bridgehead atoms. The molecular weight excluding hydrogens is 542 g/mol. The molecule has 0 atom stereocenters. The number of amides is 2. The van der Waals surface area contributed by atoms with Crippen molar-refractivity contribution in [3.63, 3.8) is 0 Å². The van der Waals surface area contributed by atoms with Gasteiger partial charge in [-0.05, 0) is 65.6 Å². The second-order valence-corrected chi connectivity index (χ2v) is 12.6. The molecule has 0 fully saturated rings. The Morgan fingerprint density at radius 1 is 1.00 bits per heavy atom. The third kappa shape index (κ3) is 6.89. The standard InChI is InChI=1S/C31H37N3O6S/c1-6-33(7-2)41(37,38)26-15-8-22(9-16-26)30(36)32-24-12-17-28-27(20-24)34(29(35)21-40-28)18-19-39-25-13-10-23(11-14-25)31(3,4)5/h8-17,20H,6-7,18-19,21H2,1-5H3,(H,32,36). The Hall–Kier alpha value is -3.89. The van der Waals surface area contributed by atoms with Crippen molar-refractivity contribution in [2.45, 2.75) is 44.9 Å². The molecule has 4 rings (SSSR count). The highest BCUT2D eigenvalue weighted by atomic mass is 32.2. The molecule has 0 saturated carbocycles. The third-order valence-corrected chi connectivity index (χ3v) is 8.99. The molecule has 1 aliphatic rings. The van der Waals surface area contributed by atoms with Crippen molar-refractivity contribution in [3.05, 3.63) is 77.9 Å². The number of hydrogen-bond donors (Lipinski definition) is 1. The molecule has 0 radical (unpaired) electrons. The molecule has 3 aromatic carbocycles. The number of sulfonamides is 1. The molecule has 1 heterocycles. The number of carbonyl (C=O) groups is 2. The number of ether oxygens (including phenoxy) is 2. The van der Waals surface area contributed by atoms with Crippen LogP contribution in [0.1, 0.15) is 50.5 Å². The first-order valence-corrected chi connectivity index (χ1v) is 15.1. The second-order valence-electron chi connectivity index (χ2n) is 10.7. The van der Waals surface area contributed by atoms with E-state index in [1.807, 2.05) is 24.3 Å². The Morgan fingerprint density at radius 3 is 2.27 bits per heavy atom. The van der Waals surface area contributed by atoms with Crippen molar-refractivity contribution >= 4 is 33.2 Å². The first-order valence-electron chi connectivity index (χ1n) is 13.7. The van der Waals surface area contributed by atoms with E-state index in [1.165, 1.54) is 34.1 Å². The van der Waals surface area contributed by atoms with Crippen LogP contribution >= 0.6 is 0 Å². The lowest BCUT2D eigenvalue weighted by Crippen LogP contribution is -2.41. The summed E-state index contributed by atoms with van der Waals surface area (Å²) in [6.07, 6.45) is 0. The molecule has 2 amide bonds. The first-order chi connectivity index (χ1) is 19.4. The highest BCUT2D eigenvalue weighted by Crippen LogP contribution is 2.35. The van der Waals surface area contributed by atoms with Crippen LogP contribution in [0.25, 0.3) is 0 Å². The number of carbonyl (C=O) groups excluding carboxylic acids is 2. The fourth-order valence-corrected chi connectivity index (χ4v) is 5.98. The molecule has 1 aliphatic heterocycles. The SMILES string of the molecule is CCN(CC)S(=O)(=O)c1ccc(C(=O)Nc2ccc3c(c2)N(CCOc2ccc(C(C)(C)C)cc2)C(=O)CO3)cc1. The predicted molar refractivity (Wildman–Crippen MR) is 159 cm³/mol. The van der Waals surface area contributed by atoms with E-state index in [0.29, 0.717) is 42.3 Å². The fourth-order valence-electron chi connectivity index (χ4n) is 4.53. The lowest BCUT2D eigenvalue weighted by molar-refractivity contribution is -0.121. The van der Waals surface area contributed by atoms with Crippen molar-refractivity contribution < 1.29 is 27.5 Å². The summed E-state index contributed by atoms with van der Waals surface area (Å²) in [5.41, 5.74) is 2.56. The number of benzene rings is 3. The molecule has 0 aromatic heterocycles. The number of rotatable bonds is 10. The summed E-state index contributed by atoms with van der Waals surface area (Å²) in [6, 6.07) is 18.8. The summed E-state index contributed by atoms with van der Waals surface area (Å²) in [5, 5.41) is 2.82. The number of nitrogens with zero attached hydrogens (tertiary/aromatic N) is 2. The summed E-state index contributed by atoms with van der Waals surface area (Å²) in [4.78, 5) is 27.4. The molecular formula is C31H37N3O6S. The van der Waals surface area contributed by atoms with Gasteiger partial charge in [-0.1, -0.05) is 46.8 Å². The van der Waals surface area contributed by atoms with Crippen LogP contribution in [0.3, 0.4) is 0 Å². The van der Waals surface area contributed by atoms with Crippen LogP contribution in [0.4, 0.5) is 11.4 Å². The van der Waals surface area contributed by atoms with Gasteiger partial charge in [-0.3, -0.25) is 9.59 Å². The van der Waals surface area contributed by atoms with Gasteiger partial charge in [0.25, 0.3) is 11.8 Å². The predicted octanol–water partition coefficient (Wildman–Crippen LogP) is 5.07. The van der Waals surface area contributed by atoms with Gasteiger partial charge in [-0.15, -0.1) is 0 Å². The molecule has 3 aromatic rings.